The van der Waals surface area contributed by atoms with Crippen LogP contribution in [-0.2, 0) is 10.9 Å². The molecule has 0 bridgehead atoms. The Morgan fingerprint density at radius 3 is 2.21 bits per heavy atom. The zero-order chi connectivity index (χ0) is 14.7. The second-order valence-corrected chi connectivity index (χ2v) is 3.88. The summed E-state index contributed by atoms with van der Waals surface area (Å²) in [6, 6.07) is 2.64. The Bertz CT molecular complexity index is 431. The summed E-state index contributed by atoms with van der Waals surface area (Å²) in [6.07, 6.45) is -9.35. The number of nitrogens with one attached hydrogen (secondary N) is 1. The van der Waals surface area contributed by atoms with Gasteiger partial charge in [-0.2, -0.15) is 13.2 Å². The molecular formula is C10H8ClF6NO. The lowest BCUT2D eigenvalue weighted by atomic mass is 10.2. The van der Waals surface area contributed by atoms with Crippen LogP contribution in [0.15, 0.2) is 18.2 Å². The molecular weight excluding hydrogens is 300 g/mol. The minimum absolute atomic E-state index is 0.0365. The van der Waals surface area contributed by atoms with Gasteiger partial charge in [0.2, 0.25) is 0 Å². The average Bonchev–Trinajstić information content (AvgIpc) is 2.21. The number of ether oxygens (including phenoxy) is 1. The monoisotopic (exact) mass is 307 g/mol. The first-order valence-electron chi connectivity index (χ1n) is 4.90. The van der Waals surface area contributed by atoms with Gasteiger partial charge in [-0.25, -0.2) is 0 Å². The van der Waals surface area contributed by atoms with Gasteiger partial charge >= 0.3 is 12.5 Å². The van der Waals surface area contributed by atoms with Gasteiger partial charge in [0.25, 0.3) is 0 Å². The maximum Gasteiger partial charge on any atom is 0.522 e. The molecule has 0 aliphatic rings. The molecule has 2 nitrogen and oxygen atoms in total. The van der Waals surface area contributed by atoms with E-state index >= 15 is 0 Å². The summed E-state index contributed by atoms with van der Waals surface area (Å²) in [4.78, 5) is 0. The third-order valence-corrected chi connectivity index (χ3v) is 2.14. The first kappa shape index (κ1) is 15.9. The molecule has 0 aliphatic heterocycles. The lowest BCUT2D eigenvalue weighted by Gasteiger charge is -2.12. The molecule has 0 aliphatic carbocycles. The number of hydrogen-bond acceptors (Lipinski definition) is 2. The van der Waals surface area contributed by atoms with E-state index in [1.54, 1.807) is 0 Å². The van der Waals surface area contributed by atoms with Crippen LogP contribution in [0.25, 0.3) is 0 Å². The molecule has 1 N–H and O–H groups in total. The fourth-order valence-electron chi connectivity index (χ4n) is 1.22. The van der Waals surface area contributed by atoms with Gasteiger partial charge in [0, 0.05) is 17.3 Å². The molecule has 9 heteroatoms. The Morgan fingerprint density at radius 1 is 1.05 bits per heavy atom. The smallest absolute Gasteiger partial charge is 0.383 e. The van der Waals surface area contributed by atoms with Crippen LogP contribution < -0.4 is 5.32 Å². The van der Waals surface area contributed by atoms with Crippen LogP contribution in [0, 0.1) is 0 Å². The quantitative estimate of drug-likeness (QED) is 0.661. The van der Waals surface area contributed by atoms with E-state index in [-0.39, 0.29) is 17.3 Å². The Balaban J connectivity index is 2.62. The van der Waals surface area contributed by atoms with E-state index in [9.17, 15) is 26.3 Å². The first-order chi connectivity index (χ1) is 8.58. The summed E-state index contributed by atoms with van der Waals surface area (Å²) in [5.74, 6) is 0. The van der Waals surface area contributed by atoms with Crippen LogP contribution >= 0.6 is 11.6 Å². The minimum atomic E-state index is -4.77. The Morgan fingerprint density at radius 2 is 1.68 bits per heavy atom. The lowest BCUT2D eigenvalue weighted by molar-refractivity contribution is -0.322. The molecule has 0 saturated carbocycles. The molecule has 0 amide bonds. The molecule has 19 heavy (non-hydrogen) atoms. The Kier molecular flexibility index (Phi) is 4.92. The second kappa shape index (κ2) is 5.87. The largest absolute Gasteiger partial charge is 0.522 e. The summed E-state index contributed by atoms with van der Waals surface area (Å²) < 4.78 is 75.7. The van der Waals surface area contributed by atoms with Gasteiger partial charge in [0.05, 0.1) is 12.2 Å². The highest BCUT2D eigenvalue weighted by molar-refractivity contribution is 6.30. The molecule has 0 fully saturated rings. The molecule has 1 aromatic rings. The predicted octanol–water partition coefficient (Wildman–Crippen LogP) is 4.31. The van der Waals surface area contributed by atoms with Gasteiger partial charge in [-0.05, 0) is 18.2 Å². The van der Waals surface area contributed by atoms with Crippen molar-refractivity contribution in [1.29, 1.82) is 0 Å². The van der Waals surface area contributed by atoms with Gasteiger partial charge in [-0.1, -0.05) is 11.6 Å². The van der Waals surface area contributed by atoms with Crippen LogP contribution in [0.3, 0.4) is 0 Å². The van der Waals surface area contributed by atoms with Gasteiger partial charge in [0.15, 0.2) is 0 Å². The number of halogens is 7. The number of anilines is 1. The maximum absolute atomic E-state index is 12.4. The van der Waals surface area contributed by atoms with Crippen LogP contribution in [0.1, 0.15) is 5.56 Å². The fraction of sp³-hybridized carbons (Fsp3) is 0.400. The van der Waals surface area contributed by atoms with Crippen molar-refractivity contribution in [2.45, 2.75) is 12.5 Å². The van der Waals surface area contributed by atoms with Gasteiger partial charge in [-0.3, -0.25) is 4.74 Å². The Labute approximate surface area is 109 Å². The van der Waals surface area contributed by atoms with Gasteiger partial charge in [0.1, 0.15) is 0 Å². The van der Waals surface area contributed by atoms with E-state index < -0.39 is 24.7 Å². The molecule has 0 atom stereocenters. The summed E-state index contributed by atoms with van der Waals surface area (Å²) in [5, 5.41) is 2.19. The standard InChI is InChI=1S/C10H8ClF6NO/c11-7-3-6(9(12,13)14)4-8(5-7)18-1-2-19-10(15,16)17/h3-5,18H,1-2H2. The van der Waals surface area contributed by atoms with Crippen molar-refractivity contribution < 1.29 is 31.1 Å². The third kappa shape index (κ3) is 6.02. The van der Waals surface area contributed by atoms with Crippen molar-refractivity contribution in [3.8, 4) is 0 Å². The van der Waals surface area contributed by atoms with Crippen LogP contribution in [0.2, 0.25) is 5.02 Å². The van der Waals surface area contributed by atoms with E-state index in [1.165, 1.54) is 6.07 Å². The summed E-state index contributed by atoms with van der Waals surface area (Å²) >= 11 is 5.49. The molecule has 0 spiro atoms. The van der Waals surface area contributed by atoms with Crippen LogP contribution in [0.4, 0.5) is 32.0 Å². The van der Waals surface area contributed by atoms with E-state index in [0.717, 1.165) is 12.1 Å². The highest BCUT2D eigenvalue weighted by atomic mass is 35.5. The number of hydrogen-bond donors (Lipinski definition) is 1. The molecule has 1 rings (SSSR count). The second-order valence-electron chi connectivity index (χ2n) is 3.45. The summed E-state index contributed by atoms with van der Waals surface area (Å²) in [7, 11) is 0. The van der Waals surface area contributed by atoms with E-state index in [1.807, 2.05) is 0 Å². The molecule has 1 aromatic carbocycles. The highest BCUT2D eigenvalue weighted by Gasteiger charge is 2.31. The van der Waals surface area contributed by atoms with E-state index in [4.69, 9.17) is 11.6 Å². The van der Waals surface area contributed by atoms with Crippen molar-refractivity contribution >= 4 is 17.3 Å². The van der Waals surface area contributed by atoms with Crippen molar-refractivity contribution in [2.75, 3.05) is 18.5 Å². The normalized spacial score (nSPS) is 12.6. The third-order valence-electron chi connectivity index (χ3n) is 1.92. The first-order valence-corrected chi connectivity index (χ1v) is 5.28. The molecule has 0 saturated heterocycles. The zero-order valence-corrected chi connectivity index (χ0v) is 9.96. The molecule has 0 unspecified atom stereocenters. The zero-order valence-electron chi connectivity index (χ0n) is 9.20. The number of rotatable bonds is 4. The highest BCUT2D eigenvalue weighted by Crippen LogP contribution is 2.33. The number of alkyl halides is 6. The van der Waals surface area contributed by atoms with Crippen LogP contribution in [0.5, 0.6) is 0 Å². The Hall–Kier alpha value is -1.15. The van der Waals surface area contributed by atoms with Crippen molar-refractivity contribution in [3.63, 3.8) is 0 Å². The molecule has 0 heterocycles. The lowest BCUT2D eigenvalue weighted by Crippen LogP contribution is -2.19. The van der Waals surface area contributed by atoms with Gasteiger partial charge in [-0.15, -0.1) is 13.2 Å². The molecule has 108 valence electrons. The maximum atomic E-state index is 12.4. The van der Waals surface area contributed by atoms with Gasteiger partial charge < -0.3 is 5.32 Å². The van der Waals surface area contributed by atoms with Crippen molar-refractivity contribution in [3.05, 3.63) is 28.8 Å². The van der Waals surface area contributed by atoms with Crippen molar-refractivity contribution in [1.82, 2.24) is 0 Å². The van der Waals surface area contributed by atoms with Crippen LogP contribution in [-0.4, -0.2) is 19.5 Å². The predicted molar refractivity (Wildman–Crippen MR) is 57.0 cm³/mol. The van der Waals surface area contributed by atoms with E-state index in [2.05, 4.69) is 10.1 Å². The molecule has 0 radical (unpaired) electrons. The molecule has 0 aromatic heterocycles. The van der Waals surface area contributed by atoms with E-state index in [0.29, 0.717) is 0 Å². The minimum Gasteiger partial charge on any atom is -0.383 e. The average molecular weight is 308 g/mol. The SMILES string of the molecule is FC(F)(F)OCCNc1cc(Cl)cc(C(F)(F)F)c1. The fourth-order valence-corrected chi connectivity index (χ4v) is 1.45. The number of benzene rings is 1. The van der Waals surface area contributed by atoms with Crippen molar-refractivity contribution in [2.24, 2.45) is 0 Å². The summed E-state index contributed by atoms with van der Waals surface area (Å²) in [6.45, 7) is -1.03. The topological polar surface area (TPSA) is 21.3 Å². The summed E-state index contributed by atoms with van der Waals surface area (Å²) in [5.41, 5.74) is -1.02.